The number of aliphatic hydroxyl groups excluding tert-OH is 2. The third kappa shape index (κ3) is 8.48. The third-order valence-electron chi connectivity index (χ3n) is 7.97. The number of rotatable bonds is 15. The maximum absolute atomic E-state index is 13.6. The minimum atomic E-state index is -1.39. The number of carboxylic acids is 1. The number of aliphatic carboxylic acids is 1. The first-order valence-corrected chi connectivity index (χ1v) is 17.4. The molecule has 6 aromatic rings. The molecular formula is C37H32BrFN4O7S. The van der Waals surface area contributed by atoms with Crippen LogP contribution in [-0.4, -0.2) is 67.1 Å². The highest BCUT2D eigenvalue weighted by Gasteiger charge is 2.26. The predicted molar refractivity (Wildman–Crippen MR) is 192 cm³/mol. The van der Waals surface area contributed by atoms with Crippen molar-refractivity contribution in [3.05, 3.63) is 112 Å². The molecule has 3 N–H and O–H groups in total. The quantitative estimate of drug-likeness (QED) is 0.102. The fourth-order valence-electron chi connectivity index (χ4n) is 5.37. The summed E-state index contributed by atoms with van der Waals surface area (Å²) in [5.41, 5.74) is 3.40. The zero-order chi connectivity index (χ0) is 35.9. The minimum Gasteiger partial charge on any atom is -0.496 e. The van der Waals surface area contributed by atoms with Gasteiger partial charge in [0.05, 0.1) is 45.8 Å². The third-order valence-corrected chi connectivity index (χ3v) is 10.2. The Kier molecular flexibility index (Phi) is 11.5. The van der Waals surface area contributed by atoms with Gasteiger partial charge in [-0.3, -0.25) is 0 Å². The van der Waals surface area contributed by atoms with E-state index in [2.05, 4.69) is 35.9 Å². The largest absolute Gasteiger partial charge is 0.496 e. The van der Waals surface area contributed by atoms with Crippen molar-refractivity contribution < 1.29 is 38.7 Å². The van der Waals surface area contributed by atoms with Crippen molar-refractivity contribution in [1.82, 2.24) is 19.9 Å². The van der Waals surface area contributed by atoms with Crippen molar-refractivity contribution in [1.29, 1.82) is 0 Å². The molecule has 0 saturated heterocycles. The molecule has 3 heterocycles. The summed E-state index contributed by atoms with van der Waals surface area (Å²) in [5.74, 6) is -0.0203. The highest BCUT2D eigenvalue weighted by atomic mass is 79.9. The van der Waals surface area contributed by atoms with Crippen molar-refractivity contribution in [2.24, 2.45) is 0 Å². The predicted octanol–water partition coefficient (Wildman–Crippen LogP) is 6.67. The molecule has 0 fully saturated rings. The van der Waals surface area contributed by atoms with Crippen molar-refractivity contribution >= 4 is 43.5 Å². The van der Waals surface area contributed by atoms with E-state index < -0.39 is 18.2 Å². The van der Waals surface area contributed by atoms with E-state index in [1.807, 2.05) is 36.4 Å². The van der Waals surface area contributed by atoms with Gasteiger partial charge in [-0.05, 0) is 81.9 Å². The van der Waals surface area contributed by atoms with Crippen molar-refractivity contribution in [3.63, 3.8) is 0 Å². The molecule has 0 bridgehead atoms. The van der Waals surface area contributed by atoms with Gasteiger partial charge in [0.2, 0.25) is 12.0 Å². The fourth-order valence-corrected chi connectivity index (χ4v) is 7.36. The Balaban J connectivity index is 1.28. The standard InChI is InChI=1S/C37H32BrFN4O7S/c1-48-29-5-3-2-4-27(29)34-40-15-14-25(43-34)19-49-28-13-7-21(6-12-26(45)18-44)16-23(28)17-30(37(46)47)50-35-31-32(38)33(51-36(31)42-20-41-35)22-8-10-24(39)11-9-22/h2-5,7-11,13-16,20,26,30,44-45H,6,12,17-19H2,1H3,(H,46,47). The van der Waals surface area contributed by atoms with Crippen LogP contribution in [0.3, 0.4) is 0 Å². The van der Waals surface area contributed by atoms with Crippen LogP contribution in [0.15, 0.2) is 89.8 Å². The molecule has 0 aliphatic rings. The highest BCUT2D eigenvalue weighted by molar-refractivity contribution is 9.10. The van der Waals surface area contributed by atoms with E-state index >= 15 is 0 Å². The van der Waals surface area contributed by atoms with Crippen LogP contribution >= 0.6 is 27.3 Å². The number of ether oxygens (including phenoxy) is 3. The van der Waals surface area contributed by atoms with Gasteiger partial charge in [-0.15, -0.1) is 11.3 Å². The minimum absolute atomic E-state index is 0.0549. The second kappa shape index (κ2) is 16.3. The van der Waals surface area contributed by atoms with Crippen LogP contribution in [0.25, 0.3) is 32.0 Å². The molecule has 0 aliphatic heterocycles. The molecule has 0 spiro atoms. The number of hydrogen-bond donors (Lipinski definition) is 3. The second-order valence-corrected chi connectivity index (χ2v) is 13.2. The SMILES string of the molecule is COc1ccccc1-c1nccc(COc2ccc(CCC(O)CO)cc2CC(Oc2ncnc3sc(-c4ccc(F)cc4)c(Br)c23)C(=O)O)n1. The van der Waals surface area contributed by atoms with Gasteiger partial charge >= 0.3 is 5.97 Å². The number of para-hydroxylation sites is 1. The van der Waals surface area contributed by atoms with E-state index in [0.717, 1.165) is 21.6 Å². The van der Waals surface area contributed by atoms with E-state index in [4.69, 9.17) is 14.2 Å². The molecular weight excluding hydrogens is 743 g/mol. The Morgan fingerprint density at radius 2 is 1.82 bits per heavy atom. The molecule has 11 nitrogen and oxygen atoms in total. The van der Waals surface area contributed by atoms with Crippen molar-refractivity contribution in [3.8, 4) is 39.2 Å². The Morgan fingerprint density at radius 3 is 2.59 bits per heavy atom. The lowest BCUT2D eigenvalue weighted by Crippen LogP contribution is -2.30. The first-order valence-electron chi connectivity index (χ1n) is 15.8. The van der Waals surface area contributed by atoms with Gasteiger partial charge < -0.3 is 29.5 Å². The fraction of sp³-hybridized carbons (Fsp3) is 0.216. The van der Waals surface area contributed by atoms with Crippen LogP contribution in [0.4, 0.5) is 4.39 Å². The van der Waals surface area contributed by atoms with Crippen LogP contribution in [0, 0.1) is 5.82 Å². The van der Waals surface area contributed by atoms with E-state index in [-0.39, 0.29) is 31.3 Å². The summed E-state index contributed by atoms with van der Waals surface area (Å²) in [6, 6.07) is 20.5. The second-order valence-electron chi connectivity index (χ2n) is 11.4. The molecule has 14 heteroatoms. The highest BCUT2D eigenvalue weighted by Crippen LogP contribution is 2.44. The summed E-state index contributed by atoms with van der Waals surface area (Å²) in [6.07, 6.45) is 1.29. The number of aromatic nitrogens is 4. The van der Waals surface area contributed by atoms with E-state index in [9.17, 15) is 24.5 Å². The number of nitrogens with zero attached hydrogens (tertiary/aromatic N) is 4. The lowest BCUT2D eigenvalue weighted by atomic mass is 10.00. The zero-order valence-electron chi connectivity index (χ0n) is 27.2. The van der Waals surface area contributed by atoms with Crippen LogP contribution in [-0.2, 0) is 24.2 Å². The zero-order valence-corrected chi connectivity index (χ0v) is 29.6. The number of fused-ring (bicyclic) bond motifs is 1. The Labute approximate surface area is 304 Å². The summed E-state index contributed by atoms with van der Waals surface area (Å²) in [4.78, 5) is 31.7. The van der Waals surface area contributed by atoms with Gasteiger partial charge in [0, 0.05) is 12.6 Å². The number of benzene rings is 3. The summed E-state index contributed by atoms with van der Waals surface area (Å²) in [7, 11) is 1.58. The van der Waals surface area contributed by atoms with Gasteiger partial charge in [-0.25, -0.2) is 29.1 Å². The molecule has 2 atom stereocenters. The molecule has 262 valence electrons. The van der Waals surface area contributed by atoms with Crippen LogP contribution < -0.4 is 14.2 Å². The molecule has 6 rings (SSSR count). The number of halogens is 2. The summed E-state index contributed by atoms with van der Waals surface area (Å²) >= 11 is 4.94. The first-order chi connectivity index (χ1) is 24.7. The Hall–Kier alpha value is -5.02. The Bertz CT molecular complexity index is 2150. The summed E-state index contributed by atoms with van der Waals surface area (Å²) < 4.78 is 32.0. The monoisotopic (exact) mass is 774 g/mol. The Morgan fingerprint density at radius 1 is 1.02 bits per heavy atom. The van der Waals surface area contributed by atoms with Gasteiger partial charge in [0.1, 0.15) is 35.1 Å². The molecule has 0 saturated carbocycles. The molecule has 3 aromatic carbocycles. The number of aliphatic hydroxyl groups is 2. The number of thiophene rings is 1. The number of aryl methyl sites for hydroxylation is 1. The van der Waals surface area contributed by atoms with E-state index in [1.165, 1.54) is 29.8 Å². The number of carboxylic acid groups (broad SMARTS) is 1. The first kappa shape index (κ1) is 35.8. The lowest BCUT2D eigenvalue weighted by Gasteiger charge is -2.19. The van der Waals surface area contributed by atoms with Crippen molar-refractivity contribution in [2.75, 3.05) is 13.7 Å². The number of methoxy groups -OCH3 is 1. The van der Waals surface area contributed by atoms with Gasteiger partial charge in [0.15, 0.2) is 5.82 Å². The van der Waals surface area contributed by atoms with E-state index in [0.29, 0.717) is 56.1 Å². The smallest absolute Gasteiger partial charge is 0.345 e. The van der Waals surface area contributed by atoms with Gasteiger partial charge in [-0.1, -0.05) is 36.4 Å². The molecule has 0 amide bonds. The molecule has 0 radical (unpaired) electrons. The normalized spacial score (nSPS) is 12.4. The average Bonchev–Trinajstić information content (AvgIpc) is 3.50. The van der Waals surface area contributed by atoms with Crippen LogP contribution in [0.1, 0.15) is 23.2 Å². The van der Waals surface area contributed by atoms with Crippen LogP contribution in [0.5, 0.6) is 17.4 Å². The molecule has 3 aromatic heterocycles. The van der Waals surface area contributed by atoms with Crippen LogP contribution in [0.2, 0.25) is 0 Å². The number of carbonyl (C=O) groups is 1. The van der Waals surface area contributed by atoms with Crippen molar-refractivity contribution in [2.45, 2.75) is 38.1 Å². The topological polar surface area (TPSA) is 157 Å². The maximum atomic E-state index is 13.6. The molecule has 0 aliphatic carbocycles. The maximum Gasteiger partial charge on any atom is 0.345 e. The lowest BCUT2D eigenvalue weighted by molar-refractivity contribution is -0.145. The van der Waals surface area contributed by atoms with Gasteiger partial charge in [0.25, 0.3) is 0 Å². The summed E-state index contributed by atoms with van der Waals surface area (Å²) in [5, 5.41) is 30.1. The molecule has 2 unspecified atom stereocenters. The summed E-state index contributed by atoms with van der Waals surface area (Å²) in [6.45, 7) is -0.313. The van der Waals surface area contributed by atoms with Gasteiger partial charge in [-0.2, -0.15) is 0 Å². The van der Waals surface area contributed by atoms with E-state index in [1.54, 1.807) is 37.6 Å². The molecule has 51 heavy (non-hydrogen) atoms. The number of hydrogen-bond acceptors (Lipinski definition) is 11. The average molecular weight is 776 g/mol.